The van der Waals surface area contributed by atoms with Gasteiger partial charge in [-0.2, -0.15) is 0 Å². The van der Waals surface area contributed by atoms with Gasteiger partial charge in [-0.15, -0.1) is 0 Å². The van der Waals surface area contributed by atoms with Gasteiger partial charge in [-0.1, -0.05) is 24.3 Å². The van der Waals surface area contributed by atoms with Crippen LogP contribution in [-0.2, 0) is 22.5 Å². The van der Waals surface area contributed by atoms with Gasteiger partial charge >= 0.3 is 0 Å². The molecule has 3 rings (SSSR count). The monoisotopic (exact) mass is 289 g/mol. The van der Waals surface area contributed by atoms with Gasteiger partial charge in [0.2, 0.25) is 5.91 Å². The van der Waals surface area contributed by atoms with Gasteiger partial charge in [-0.3, -0.25) is 9.69 Å². The molecule has 0 radical (unpaired) electrons. The Morgan fingerprint density at radius 2 is 2.24 bits per heavy atom. The van der Waals surface area contributed by atoms with E-state index in [9.17, 15) is 4.79 Å². The number of benzene rings is 1. The number of carbonyl (C=O) groups is 1. The molecule has 5 nitrogen and oxygen atoms in total. The molecule has 0 bridgehead atoms. The number of morpholine rings is 1. The van der Waals surface area contributed by atoms with Gasteiger partial charge in [-0.05, 0) is 17.5 Å². The second kappa shape index (κ2) is 7.02. The maximum atomic E-state index is 12.0. The van der Waals surface area contributed by atoms with Gasteiger partial charge in [0.25, 0.3) is 0 Å². The number of nitrogens with zero attached hydrogens (tertiary/aromatic N) is 1. The van der Waals surface area contributed by atoms with E-state index in [-0.39, 0.29) is 11.9 Å². The van der Waals surface area contributed by atoms with E-state index < -0.39 is 0 Å². The van der Waals surface area contributed by atoms with Crippen LogP contribution in [0.5, 0.6) is 0 Å². The average Bonchev–Trinajstić information content (AvgIpc) is 2.55. The summed E-state index contributed by atoms with van der Waals surface area (Å²) in [5.74, 6) is 0.0482. The van der Waals surface area contributed by atoms with Crippen LogP contribution in [0.15, 0.2) is 24.3 Å². The van der Waals surface area contributed by atoms with Crippen LogP contribution in [0.4, 0.5) is 0 Å². The van der Waals surface area contributed by atoms with Gasteiger partial charge in [0.15, 0.2) is 0 Å². The van der Waals surface area contributed by atoms with E-state index in [0.717, 1.165) is 32.6 Å². The normalized spacial score (nSPS) is 22.6. The summed E-state index contributed by atoms with van der Waals surface area (Å²) >= 11 is 0. The molecule has 0 aromatic heterocycles. The summed E-state index contributed by atoms with van der Waals surface area (Å²) in [5.41, 5.74) is 2.87. The molecule has 1 aromatic rings. The van der Waals surface area contributed by atoms with E-state index in [4.69, 9.17) is 4.74 Å². The molecule has 21 heavy (non-hydrogen) atoms. The Bertz CT molecular complexity index is 486. The van der Waals surface area contributed by atoms with Crippen LogP contribution >= 0.6 is 0 Å². The Labute approximate surface area is 125 Å². The number of nitrogens with one attached hydrogen (secondary N) is 2. The van der Waals surface area contributed by atoms with Crippen molar-refractivity contribution in [1.29, 1.82) is 0 Å². The first-order valence-electron chi connectivity index (χ1n) is 7.71. The van der Waals surface area contributed by atoms with Crippen LogP contribution < -0.4 is 10.6 Å². The average molecular weight is 289 g/mol. The standard InChI is InChI=1S/C16H23N3O2/c20-16(15-12-21-10-7-17-15)18-6-9-19-8-5-13-3-1-2-4-14(13)11-19/h1-4,15,17H,5-12H2,(H,18,20). The molecule has 2 aliphatic heterocycles. The highest BCUT2D eigenvalue weighted by Crippen LogP contribution is 2.17. The number of hydrogen-bond donors (Lipinski definition) is 2. The van der Waals surface area contributed by atoms with Crippen LogP contribution in [0.25, 0.3) is 0 Å². The van der Waals surface area contributed by atoms with Crippen LogP contribution in [0.3, 0.4) is 0 Å². The zero-order valence-electron chi connectivity index (χ0n) is 12.3. The summed E-state index contributed by atoms with van der Waals surface area (Å²) in [7, 11) is 0. The molecule has 2 heterocycles. The van der Waals surface area contributed by atoms with Crippen molar-refractivity contribution in [2.45, 2.75) is 19.0 Å². The van der Waals surface area contributed by atoms with Gasteiger partial charge in [0.1, 0.15) is 6.04 Å². The van der Waals surface area contributed by atoms with Crippen molar-refractivity contribution in [3.63, 3.8) is 0 Å². The topological polar surface area (TPSA) is 53.6 Å². The summed E-state index contributed by atoms with van der Waals surface area (Å²) < 4.78 is 5.30. The third-order valence-corrected chi connectivity index (χ3v) is 4.18. The minimum absolute atomic E-state index is 0.0482. The molecule has 1 unspecified atom stereocenters. The summed E-state index contributed by atoms with van der Waals surface area (Å²) in [4.78, 5) is 14.4. The second-order valence-electron chi connectivity index (χ2n) is 5.67. The molecule has 1 aromatic carbocycles. The van der Waals surface area contributed by atoms with E-state index in [2.05, 4.69) is 39.8 Å². The molecule has 5 heteroatoms. The van der Waals surface area contributed by atoms with E-state index in [0.29, 0.717) is 19.8 Å². The van der Waals surface area contributed by atoms with E-state index in [1.807, 2.05) is 0 Å². The summed E-state index contributed by atoms with van der Waals surface area (Å²) in [6, 6.07) is 8.42. The molecule has 0 saturated carbocycles. The maximum absolute atomic E-state index is 12.0. The van der Waals surface area contributed by atoms with Gasteiger partial charge in [0, 0.05) is 32.7 Å². The fourth-order valence-corrected chi connectivity index (χ4v) is 2.94. The first-order chi connectivity index (χ1) is 10.3. The quantitative estimate of drug-likeness (QED) is 0.828. The minimum atomic E-state index is -0.194. The first kappa shape index (κ1) is 14.5. The lowest BCUT2D eigenvalue weighted by atomic mass is 10.00. The van der Waals surface area contributed by atoms with Gasteiger partial charge < -0.3 is 15.4 Å². The van der Waals surface area contributed by atoms with Crippen LogP contribution in [0.2, 0.25) is 0 Å². The Morgan fingerprint density at radius 3 is 3.05 bits per heavy atom. The molecular formula is C16H23N3O2. The first-order valence-corrected chi connectivity index (χ1v) is 7.71. The van der Waals surface area contributed by atoms with E-state index in [1.54, 1.807) is 0 Å². The smallest absolute Gasteiger partial charge is 0.239 e. The zero-order valence-corrected chi connectivity index (χ0v) is 12.3. The highest BCUT2D eigenvalue weighted by molar-refractivity contribution is 5.81. The molecule has 114 valence electrons. The highest BCUT2D eigenvalue weighted by Gasteiger charge is 2.21. The molecule has 0 spiro atoms. The Kier molecular flexibility index (Phi) is 4.85. The summed E-state index contributed by atoms with van der Waals surface area (Å²) in [6.07, 6.45) is 1.10. The molecule has 2 aliphatic rings. The van der Waals surface area contributed by atoms with Crippen molar-refractivity contribution in [1.82, 2.24) is 15.5 Å². The number of rotatable bonds is 4. The molecule has 1 amide bonds. The van der Waals surface area contributed by atoms with Crippen molar-refractivity contribution in [2.24, 2.45) is 0 Å². The third kappa shape index (κ3) is 3.81. The summed E-state index contributed by atoms with van der Waals surface area (Å²) in [6.45, 7) is 5.56. The molecule has 1 fully saturated rings. The van der Waals surface area contributed by atoms with Gasteiger partial charge in [0.05, 0.1) is 13.2 Å². The Balaban J connectivity index is 1.41. The van der Waals surface area contributed by atoms with Crippen LogP contribution in [0.1, 0.15) is 11.1 Å². The number of amides is 1. The SMILES string of the molecule is O=C(NCCN1CCc2ccccc2C1)C1COCCN1. The zero-order chi connectivity index (χ0) is 14.5. The number of fused-ring (bicyclic) bond motifs is 1. The lowest BCUT2D eigenvalue weighted by molar-refractivity contribution is -0.125. The van der Waals surface area contributed by atoms with E-state index >= 15 is 0 Å². The predicted octanol–water partition coefficient (Wildman–Crippen LogP) is 0.149. The second-order valence-corrected chi connectivity index (χ2v) is 5.67. The van der Waals surface area contributed by atoms with Crippen molar-refractivity contribution in [2.75, 3.05) is 39.4 Å². The lowest BCUT2D eigenvalue weighted by Gasteiger charge is -2.29. The molecule has 1 atom stereocenters. The number of ether oxygens (including phenoxy) is 1. The van der Waals surface area contributed by atoms with Crippen LogP contribution in [-0.4, -0.2) is 56.2 Å². The number of carbonyl (C=O) groups excluding carboxylic acids is 1. The summed E-state index contributed by atoms with van der Waals surface area (Å²) in [5, 5.41) is 6.17. The number of hydrogen-bond acceptors (Lipinski definition) is 4. The van der Waals surface area contributed by atoms with Crippen LogP contribution in [0, 0.1) is 0 Å². The molecule has 1 saturated heterocycles. The lowest BCUT2D eigenvalue weighted by Crippen LogP contribution is -2.52. The third-order valence-electron chi connectivity index (χ3n) is 4.18. The minimum Gasteiger partial charge on any atom is -0.378 e. The molecule has 2 N–H and O–H groups in total. The maximum Gasteiger partial charge on any atom is 0.239 e. The fraction of sp³-hybridized carbons (Fsp3) is 0.562. The predicted molar refractivity (Wildman–Crippen MR) is 81.0 cm³/mol. The molecular weight excluding hydrogens is 266 g/mol. The van der Waals surface area contributed by atoms with Crippen molar-refractivity contribution >= 4 is 5.91 Å². The largest absolute Gasteiger partial charge is 0.378 e. The van der Waals surface area contributed by atoms with Crippen molar-refractivity contribution in [3.8, 4) is 0 Å². The van der Waals surface area contributed by atoms with Crippen molar-refractivity contribution < 1.29 is 9.53 Å². The van der Waals surface area contributed by atoms with Gasteiger partial charge in [-0.25, -0.2) is 0 Å². The van der Waals surface area contributed by atoms with E-state index in [1.165, 1.54) is 11.1 Å². The Morgan fingerprint density at radius 1 is 1.38 bits per heavy atom. The van der Waals surface area contributed by atoms with Crippen molar-refractivity contribution in [3.05, 3.63) is 35.4 Å². The highest BCUT2D eigenvalue weighted by atomic mass is 16.5. The molecule has 0 aliphatic carbocycles. The Hall–Kier alpha value is -1.43. The fourth-order valence-electron chi connectivity index (χ4n) is 2.94.